The molecule has 2 N–H and O–H groups in total. The molecule has 27 heavy (non-hydrogen) atoms. The lowest BCUT2D eigenvalue weighted by Crippen LogP contribution is -3.19. The van der Waals surface area contributed by atoms with E-state index in [0.717, 1.165) is 4.90 Å². The number of amides is 1. The van der Waals surface area contributed by atoms with Crippen molar-refractivity contribution in [3.8, 4) is 0 Å². The van der Waals surface area contributed by atoms with Gasteiger partial charge in [-0.05, 0) is 31.2 Å². The average molecular weight is 392 g/mol. The molecule has 8 heteroatoms. The van der Waals surface area contributed by atoms with Gasteiger partial charge in [0.05, 0.1) is 36.8 Å². The minimum Gasteiger partial charge on any atom is -0.323 e. The van der Waals surface area contributed by atoms with Crippen LogP contribution in [0.5, 0.6) is 0 Å². The number of hydrogen-bond acceptors (Lipinski definition) is 3. The summed E-state index contributed by atoms with van der Waals surface area (Å²) in [5.74, 6) is -0.763. The van der Waals surface area contributed by atoms with Crippen LogP contribution in [0.2, 0.25) is 0 Å². The first-order valence-electron chi connectivity index (χ1n) is 8.85. The van der Waals surface area contributed by atoms with Gasteiger partial charge in [0.15, 0.2) is 6.04 Å². The van der Waals surface area contributed by atoms with Crippen molar-refractivity contribution in [3.05, 3.63) is 60.4 Å². The Morgan fingerprint density at radius 2 is 1.67 bits per heavy atom. The molecule has 0 saturated carbocycles. The van der Waals surface area contributed by atoms with Crippen molar-refractivity contribution in [1.82, 2.24) is 4.31 Å². The second kappa shape index (κ2) is 8.16. The van der Waals surface area contributed by atoms with Gasteiger partial charge in [-0.2, -0.15) is 4.31 Å². The van der Waals surface area contributed by atoms with Crippen molar-refractivity contribution in [3.63, 3.8) is 0 Å². The van der Waals surface area contributed by atoms with Crippen LogP contribution in [0, 0.1) is 5.82 Å². The Bertz CT molecular complexity index is 897. The summed E-state index contributed by atoms with van der Waals surface area (Å²) >= 11 is 0. The van der Waals surface area contributed by atoms with E-state index in [1.54, 1.807) is 49.4 Å². The van der Waals surface area contributed by atoms with Gasteiger partial charge in [-0.3, -0.25) is 4.79 Å². The summed E-state index contributed by atoms with van der Waals surface area (Å²) in [6, 6.07) is 13.9. The number of nitrogens with zero attached hydrogens (tertiary/aromatic N) is 1. The van der Waals surface area contributed by atoms with E-state index in [2.05, 4.69) is 5.32 Å². The van der Waals surface area contributed by atoms with Crippen LogP contribution in [0.15, 0.2) is 59.5 Å². The first-order chi connectivity index (χ1) is 12.9. The highest BCUT2D eigenvalue weighted by atomic mass is 32.2. The SMILES string of the molecule is C[C@H](C(=O)Nc1ccccc1F)[NH+]1CCN(S(=O)(=O)c2ccccc2)CC1. The van der Waals surface area contributed by atoms with Gasteiger partial charge in [-0.15, -0.1) is 0 Å². The zero-order valence-corrected chi connectivity index (χ0v) is 15.9. The van der Waals surface area contributed by atoms with E-state index < -0.39 is 21.9 Å². The molecular formula is C19H23FN3O3S+. The Labute approximate surface area is 158 Å². The number of para-hydroxylation sites is 1. The molecule has 0 unspecified atom stereocenters. The van der Waals surface area contributed by atoms with Gasteiger partial charge >= 0.3 is 0 Å². The number of piperazine rings is 1. The largest absolute Gasteiger partial charge is 0.323 e. The molecule has 0 aliphatic carbocycles. The van der Waals surface area contributed by atoms with Crippen molar-refractivity contribution in [2.45, 2.75) is 17.9 Å². The number of benzene rings is 2. The molecule has 1 aliphatic heterocycles. The van der Waals surface area contributed by atoms with E-state index in [-0.39, 0.29) is 16.5 Å². The predicted octanol–water partition coefficient (Wildman–Crippen LogP) is 0.742. The lowest BCUT2D eigenvalue weighted by Gasteiger charge is -2.34. The standard InChI is InChI=1S/C19H22FN3O3S/c1-15(19(24)21-18-10-6-5-9-17(18)20)22-11-13-23(14-12-22)27(25,26)16-7-3-2-4-8-16/h2-10,15H,11-14H2,1H3,(H,21,24)/p+1/t15-/m1/s1. The van der Waals surface area contributed by atoms with Gasteiger partial charge in [-0.1, -0.05) is 30.3 Å². The summed E-state index contributed by atoms with van der Waals surface area (Å²) in [7, 11) is -3.52. The molecule has 0 spiro atoms. The summed E-state index contributed by atoms with van der Waals surface area (Å²) < 4.78 is 40.5. The zero-order chi connectivity index (χ0) is 19.4. The molecule has 2 aromatic rings. The summed E-state index contributed by atoms with van der Waals surface area (Å²) in [5, 5.41) is 2.61. The van der Waals surface area contributed by atoms with Crippen molar-refractivity contribution < 1.29 is 22.5 Å². The minimum absolute atomic E-state index is 0.152. The van der Waals surface area contributed by atoms with Crippen LogP contribution < -0.4 is 10.2 Å². The fourth-order valence-corrected chi connectivity index (χ4v) is 4.64. The minimum atomic E-state index is -3.52. The number of quaternary nitrogens is 1. The highest BCUT2D eigenvalue weighted by Crippen LogP contribution is 2.15. The van der Waals surface area contributed by atoms with Crippen LogP contribution in [0.4, 0.5) is 10.1 Å². The third-order valence-corrected chi connectivity index (χ3v) is 6.80. The van der Waals surface area contributed by atoms with Gasteiger partial charge < -0.3 is 10.2 Å². The monoisotopic (exact) mass is 392 g/mol. The highest BCUT2D eigenvalue weighted by molar-refractivity contribution is 7.89. The normalized spacial score (nSPS) is 17.4. The molecule has 1 aliphatic rings. The lowest BCUT2D eigenvalue weighted by molar-refractivity contribution is -0.917. The molecule has 1 fully saturated rings. The molecule has 1 heterocycles. The Hall–Kier alpha value is -2.29. The smallest absolute Gasteiger partial charge is 0.282 e. The number of hydrogen-bond donors (Lipinski definition) is 2. The first kappa shape index (κ1) is 19.5. The number of sulfonamides is 1. The molecule has 0 radical (unpaired) electrons. The Morgan fingerprint density at radius 1 is 1.07 bits per heavy atom. The topological polar surface area (TPSA) is 70.9 Å². The fourth-order valence-electron chi connectivity index (χ4n) is 3.18. The summed E-state index contributed by atoms with van der Waals surface area (Å²) in [4.78, 5) is 13.7. The van der Waals surface area contributed by atoms with Crippen LogP contribution in [-0.2, 0) is 14.8 Å². The number of nitrogens with one attached hydrogen (secondary N) is 2. The number of halogens is 1. The molecule has 2 aromatic carbocycles. The first-order valence-corrected chi connectivity index (χ1v) is 10.3. The van der Waals surface area contributed by atoms with E-state index in [4.69, 9.17) is 0 Å². The third-order valence-electron chi connectivity index (χ3n) is 4.88. The van der Waals surface area contributed by atoms with Gasteiger partial charge in [0, 0.05) is 0 Å². The number of carbonyl (C=O) groups excluding carboxylic acids is 1. The summed E-state index contributed by atoms with van der Waals surface area (Å²) in [6.07, 6.45) is 0. The molecule has 1 amide bonds. The maximum atomic E-state index is 13.7. The van der Waals surface area contributed by atoms with Crippen molar-refractivity contribution in [2.75, 3.05) is 31.5 Å². The van der Waals surface area contributed by atoms with Gasteiger partial charge in [0.25, 0.3) is 5.91 Å². The second-order valence-corrected chi connectivity index (χ2v) is 8.50. The van der Waals surface area contributed by atoms with Crippen molar-refractivity contribution >= 4 is 21.6 Å². The quantitative estimate of drug-likeness (QED) is 0.789. The predicted molar refractivity (Wildman–Crippen MR) is 100 cm³/mol. The van der Waals surface area contributed by atoms with Gasteiger partial charge in [0.1, 0.15) is 5.82 Å². The molecular weight excluding hydrogens is 369 g/mol. The summed E-state index contributed by atoms with van der Waals surface area (Å²) in [5.41, 5.74) is 0.152. The van der Waals surface area contributed by atoms with E-state index in [9.17, 15) is 17.6 Å². The number of carbonyl (C=O) groups is 1. The maximum absolute atomic E-state index is 13.7. The highest BCUT2D eigenvalue weighted by Gasteiger charge is 2.34. The molecule has 144 valence electrons. The average Bonchev–Trinajstić information content (AvgIpc) is 2.70. The van der Waals surface area contributed by atoms with Crippen LogP contribution in [0.25, 0.3) is 0 Å². The van der Waals surface area contributed by atoms with Crippen molar-refractivity contribution in [2.24, 2.45) is 0 Å². The Kier molecular flexibility index (Phi) is 5.88. The van der Waals surface area contributed by atoms with E-state index >= 15 is 0 Å². The Morgan fingerprint density at radius 3 is 2.30 bits per heavy atom. The van der Waals surface area contributed by atoms with Crippen molar-refractivity contribution in [1.29, 1.82) is 0 Å². The van der Waals surface area contributed by atoms with Crippen LogP contribution >= 0.6 is 0 Å². The molecule has 3 rings (SSSR count). The van der Waals surface area contributed by atoms with E-state index in [1.165, 1.54) is 16.4 Å². The maximum Gasteiger partial charge on any atom is 0.282 e. The van der Waals surface area contributed by atoms with Crippen LogP contribution in [0.3, 0.4) is 0 Å². The third kappa shape index (κ3) is 4.35. The van der Waals surface area contributed by atoms with E-state index in [1.807, 2.05) is 0 Å². The molecule has 1 atom stereocenters. The molecule has 0 bridgehead atoms. The van der Waals surface area contributed by atoms with Gasteiger partial charge in [-0.25, -0.2) is 12.8 Å². The number of anilines is 1. The fraction of sp³-hybridized carbons (Fsp3) is 0.316. The van der Waals surface area contributed by atoms with Crippen LogP contribution in [-0.4, -0.2) is 50.9 Å². The molecule has 6 nitrogen and oxygen atoms in total. The van der Waals surface area contributed by atoms with Gasteiger partial charge in [0.2, 0.25) is 10.0 Å². The Balaban J connectivity index is 1.60. The molecule has 0 aromatic heterocycles. The zero-order valence-electron chi connectivity index (χ0n) is 15.1. The van der Waals surface area contributed by atoms with E-state index in [0.29, 0.717) is 26.2 Å². The summed E-state index contributed by atoms with van der Waals surface area (Å²) in [6.45, 7) is 3.47. The lowest BCUT2D eigenvalue weighted by atomic mass is 10.2. The number of rotatable bonds is 5. The second-order valence-electron chi connectivity index (χ2n) is 6.57. The van der Waals surface area contributed by atoms with Crippen LogP contribution in [0.1, 0.15) is 6.92 Å². The molecule has 1 saturated heterocycles.